The lowest BCUT2D eigenvalue weighted by atomic mass is 9.93. The van der Waals surface area contributed by atoms with E-state index < -0.39 is 0 Å². The fourth-order valence-corrected chi connectivity index (χ4v) is 4.65. The van der Waals surface area contributed by atoms with Crippen LogP contribution in [0.5, 0.6) is 0 Å². The number of hydrogen-bond acceptors (Lipinski definition) is 3. The van der Waals surface area contributed by atoms with Crippen molar-refractivity contribution >= 4 is 11.3 Å². The van der Waals surface area contributed by atoms with Gasteiger partial charge in [0, 0.05) is 24.0 Å². The molecule has 1 saturated carbocycles. The predicted molar refractivity (Wildman–Crippen MR) is 80.6 cm³/mol. The molecule has 19 heavy (non-hydrogen) atoms. The first kappa shape index (κ1) is 13.6. The molecule has 0 amide bonds. The Bertz CT molecular complexity index is 417. The molecule has 0 radical (unpaired) electrons. The van der Waals surface area contributed by atoms with Crippen molar-refractivity contribution < 1.29 is 5.11 Å². The summed E-state index contributed by atoms with van der Waals surface area (Å²) in [4.78, 5) is 4.17. The van der Waals surface area contributed by atoms with Crippen LogP contribution in [0.2, 0.25) is 0 Å². The van der Waals surface area contributed by atoms with E-state index in [4.69, 9.17) is 0 Å². The monoisotopic (exact) mass is 279 g/mol. The first-order chi connectivity index (χ1) is 9.25. The van der Waals surface area contributed by atoms with Crippen molar-refractivity contribution in [2.24, 2.45) is 5.92 Å². The minimum atomic E-state index is -0.0708. The largest absolute Gasteiger partial charge is 0.393 e. The zero-order chi connectivity index (χ0) is 13.2. The summed E-state index contributed by atoms with van der Waals surface area (Å²) < 4.78 is 0. The van der Waals surface area contributed by atoms with Gasteiger partial charge in [-0.1, -0.05) is 19.3 Å². The van der Waals surface area contributed by atoms with Crippen molar-refractivity contribution in [1.29, 1.82) is 0 Å². The highest BCUT2D eigenvalue weighted by Gasteiger charge is 2.29. The van der Waals surface area contributed by atoms with E-state index in [0.29, 0.717) is 12.0 Å². The molecule has 2 nitrogen and oxygen atoms in total. The van der Waals surface area contributed by atoms with Crippen LogP contribution in [0.25, 0.3) is 0 Å². The number of aliphatic hydroxyl groups excluding tert-OH is 1. The molecular weight excluding hydrogens is 254 g/mol. The number of nitrogens with zero attached hydrogens (tertiary/aromatic N) is 1. The van der Waals surface area contributed by atoms with Crippen LogP contribution in [0, 0.1) is 5.92 Å². The highest BCUT2D eigenvalue weighted by molar-refractivity contribution is 7.10. The van der Waals surface area contributed by atoms with Gasteiger partial charge in [0.1, 0.15) is 0 Å². The van der Waals surface area contributed by atoms with Gasteiger partial charge in [-0.15, -0.1) is 11.3 Å². The van der Waals surface area contributed by atoms with Crippen LogP contribution in [0.1, 0.15) is 55.5 Å². The van der Waals surface area contributed by atoms with Crippen LogP contribution >= 0.6 is 11.3 Å². The maximum Gasteiger partial charge on any atom is 0.0580 e. The Labute approximate surface area is 120 Å². The van der Waals surface area contributed by atoms with E-state index in [1.165, 1.54) is 37.7 Å². The molecule has 2 heterocycles. The molecule has 0 spiro atoms. The molecule has 3 rings (SSSR count). The topological polar surface area (TPSA) is 23.5 Å². The van der Waals surface area contributed by atoms with E-state index in [9.17, 15) is 5.11 Å². The minimum Gasteiger partial charge on any atom is -0.393 e. The molecular formula is C16H25NOS. The first-order valence-corrected chi connectivity index (χ1v) is 8.62. The number of rotatable bonds is 2. The zero-order valence-electron chi connectivity index (χ0n) is 11.8. The van der Waals surface area contributed by atoms with Gasteiger partial charge in [0.25, 0.3) is 0 Å². The summed E-state index contributed by atoms with van der Waals surface area (Å²) in [5, 5.41) is 12.5. The molecule has 1 aliphatic carbocycles. The summed E-state index contributed by atoms with van der Waals surface area (Å²) in [6.45, 7) is 4.57. The molecule has 106 valence electrons. The Morgan fingerprint density at radius 3 is 3.05 bits per heavy atom. The van der Waals surface area contributed by atoms with Gasteiger partial charge >= 0.3 is 0 Å². The lowest BCUT2D eigenvalue weighted by Gasteiger charge is -2.37. The van der Waals surface area contributed by atoms with Crippen LogP contribution in [0.4, 0.5) is 0 Å². The van der Waals surface area contributed by atoms with E-state index >= 15 is 0 Å². The van der Waals surface area contributed by atoms with Gasteiger partial charge in [0.15, 0.2) is 0 Å². The van der Waals surface area contributed by atoms with E-state index in [1.54, 1.807) is 4.88 Å². The van der Waals surface area contributed by atoms with Crippen LogP contribution < -0.4 is 0 Å². The SMILES string of the molecule is CC1c2ccsc2CCN1CC1CCCCCC1O. The van der Waals surface area contributed by atoms with Crippen LogP contribution in [0.3, 0.4) is 0 Å². The number of thiophene rings is 1. The van der Waals surface area contributed by atoms with E-state index in [-0.39, 0.29) is 6.10 Å². The summed E-state index contributed by atoms with van der Waals surface area (Å²) >= 11 is 1.91. The third-order valence-electron chi connectivity index (χ3n) is 4.99. The molecule has 1 aromatic rings. The summed E-state index contributed by atoms with van der Waals surface area (Å²) in [7, 11) is 0. The fourth-order valence-electron chi connectivity index (χ4n) is 3.69. The van der Waals surface area contributed by atoms with Crippen molar-refractivity contribution in [3.8, 4) is 0 Å². The molecule has 2 aliphatic rings. The standard InChI is InChI=1S/C16H25NOS/c1-12-14-8-10-19-16(14)7-9-17(12)11-13-5-3-2-4-6-15(13)18/h8,10,12-13,15,18H,2-7,9,11H2,1H3. The molecule has 1 aliphatic heterocycles. The van der Waals surface area contributed by atoms with Gasteiger partial charge in [-0.05, 0) is 49.1 Å². The minimum absolute atomic E-state index is 0.0708. The molecule has 3 unspecified atom stereocenters. The van der Waals surface area contributed by atoms with Crippen molar-refractivity contribution in [2.75, 3.05) is 13.1 Å². The Hall–Kier alpha value is -0.380. The van der Waals surface area contributed by atoms with Crippen LogP contribution in [-0.4, -0.2) is 29.2 Å². The van der Waals surface area contributed by atoms with Crippen molar-refractivity contribution in [1.82, 2.24) is 4.90 Å². The zero-order valence-corrected chi connectivity index (χ0v) is 12.7. The highest BCUT2D eigenvalue weighted by Crippen LogP contribution is 2.34. The maximum atomic E-state index is 10.3. The molecule has 3 heteroatoms. The summed E-state index contributed by atoms with van der Waals surface area (Å²) in [5.41, 5.74) is 1.53. The summed E-state index contributed by atoms with van der Waals surface area (Å²) in [5.74, 6) is 0.491. The van der Waals surface area contributed by atoms with E-state index in [2.05, 4.69) is 23.3 Å². The molecule has 0 aromatic carbocycles. The average Bonchev–Trinajstić information content (AvgIpc) is 2.80. The van der Waals surface area contributed by atoms with Crippen molar-refractivity contribution in [3.05, 3.63) is 21.9 Å². The lowest BCUT2D eigenvalue weighted by molar-refractivity contribution is 0.0602. The summed E-state index contributed by atoms with van der Waals surface area (Å²) in [6.07, 6.45) is 7.16. The highest BCUT2D eigenvalue weighted by atomic mass is 32.1. The molecule has 3 atom stereocenters. The fraction of sp³-hybridized carbons (Fsp3) is 0.750. The Morgan fingerprint density at radius 2 is 2.16 bits per heavy atom. The number of aliphatic hydroxyl groups is 1. The second-order valence-electron chi connectivity index (χ2n) is 6.19. The lowest BCUT2D eigenvalue weighted by Crippen LogP contribution is -2.39. The summed E-state index contributed by atoms with van der Waals surface area (Å²) in [6, 6.07) is 2.82. The van der Waals surface area contributed by atoms with E-state index in [0.717, 1.165) is 19.5 Å². The third kappa shape index (κ3) is 2.88. The van der Waals surface area contributed by atoms with Gasteiger partial charge in [-0.2, -0.15) is 0 Å². The van der Waals surface area contributed by atoms with Crippen molar-refractivity contribution in [3.63, 3.8) is 0 Å². The Morgan fingerprint density at radius 1 is 1.32 bits per heavy atom. The maximum absolute atomic E-state index is 10.3. The third-order valence-corrected chi connectivity index (χ3v) is 5.99. The number of hydrogen-bond donors (Lipinski definition) is 1. The molecule has 1 N–H and O–H groups in total. The van der Waals surface area contributed by atoms with Gasteiger partial charge in [-0.25, -0.2) is 0 Å². The number of fused-ring (bicyclic) bond motifs is 1. The smallest absolute Gasteiger partial charge is 0.0580 e. The second kappa shape index (κ2) is 5.94. The average molecular weight is 279 g/mol. The van der Waals surface area contributed by atoms with Gasteiger partial charge in [0.05, 0.1) is 6.10 Å². The quantitative estimate of drug-likeness (QED) is 0.836. The van der Waals surface area contributed by atoms with Crippen LogP contribution in [-0.2, 0) is 6.42 Å². The molecule has 1 fully saturated rings. The Kier molecular flexibility index (Phi) is 4.25. The van der Waals surface area contributed by atoms with E-state index in [1.807, 2.05) is 11.3 Å². The van der Waals surface area contributed by atoms with Crippen LogP contribution in [0.15, 0.2) is 11.4 Å². The first-order valence-electron chi connectivity index (χ1n) is 7.74. The molecule has 1 aromatic heterocycles. The predicted octanol–water partition coefficient (Wildman–Crippen LogP) is 3.61. The molecule has 0 bridgehead atoms. The molecule has 0 saturated heterocycles. The Balaban J connectivity index is 1.67. The normalized spacial score (nSPS) is 32.8. The van der Waals surface area contributed by atoms with Gasteiger partial charge < -0.3 is 5.11 Å². The van der Waals surface area contributed by atoms with Gasteiger partial charge in [-0.3, -0.25) is 4.90 Å². The second-order valence-corrected chi connectivity index (χ2v) is 7.19. The van der Waals surface area contributed by atoms with Gasteiger partial charge in [0.2, 0.25) is 0 Å². The van der Waals surface area contributed by atoms with Crippen molar-refractivity contribution in [2.45, 2.75) is 57.6 Å².